The molecule has 8 heteroatoms. The molecule has 4 N–H and O–H groups in total. The van der Waals surface area contributed by atoms with Gasteiger partial charge >= 0.3 is 5.97 Å². The fourth-order valence-electron chi connectivity index (χ4n) is 5.26. The first-order valence-corrected chi connectivity index (χ1v) is 13.4. The predicted molar refractivity (Wildman–Crippen MR) is 157 cm³/mol. The lowest BCUT2D eigenvalue weighted by Gasteiger charge is -2.08. The molecule has 7 nitrogen and oxygen atoms in total. The highest BCUT2D eigenvalue weighted by Gasteiger charge is 2.19. The Morgan fingerprint density at radius 3 is 2.45 bits per heavy atom. The highest BCUT2D eigenvalue weighted by Crippen LogP contribution is 2.29. The van der Waals surface area contributed by atoms with Gasteiger partial charge in [0.2, 0.25) is 0 Å². The number of hydrogen-bond donors (Lipinski definition) is 4. The minimum absolute atomic E-state index is 0.287. The van der Waals surface area contributed by atoms with Gasteiger partial charge in [0.25, 0.3) is 5.91 Å². The van der Waals surface area contributed by atoms with Crippen molar-refractivity contribution in [2.45, 2.75) is 40.7 Å². The van der Waals surface area contributed by atoms with Gasteiger partial charge < -0.3 is 25.3 Å². The molecule has 0 aliphatic heterocycles. The summed E-state index contributed by atoms with van der Waals surface area (Å²) >= 11 is 0. The molecule has 0 aliphatic rings. The third kappa shape index (κ3) is 5.35. The lowest BCUT2D eigenvalue weighted by molar-refractivity contribution is 0.0527. The molecule has 1 amide bonds. The number of aryl methyl sites for hydroxylation is 3. The minimum atomic E-state index is -0.379. The van der Waals surface area contributed by atoms with Crippen LogP contribution in [0.25, 0.3) is 21.8 Å². The van der Waals surface area contributed by atoms with Gasteiger partial charge in [-0.25, -0.2) is 9.18 Å². The number of carbonyl (C=O) groups excluding carboxylic acids is 2. The molecule has 0 saturated heterocycles. The van der Waals surface area contributed by atoms with Gasteiger partial charge in [0.1, 0.15) is 5.82 Å². The number of nitrogens with one attached hydrogen (secondary N) is 4. The van der Waals surface area contributed by atoms with Crippen LogP contribution in [0.3, 0.4) is 0 Å². The van der Waals surface area contributed by atoms with Gasteiger partial charge in [-0.1, -0.05) is 6.07 Å². The summed E-state index contributed by atoms with van der Waals surface area (Å²) in [5, 5.41) is 8.41. The molecule has 0 bridgehead atoms. The van der Waals surface area contributed by atoms with Crippen LogP contribution in [0.5, 0.6) is 0 Å². The second kappa shape index (κ2) is 11.4. The van der Waals surface area contributed by atoms with Crippen molar-refractivity contribution in [1.82, 2.24) is 15.3 Å². The zero-order chi connectivity index (χ0) is 28.4. The van der Waals surface area contributed by atoms with E-state index in [4.69, 9.17) is 4.74 Å². The topological polar surface area (TPSA) is 99.0 Å². The summed E-state index contributed by atoms with van der Waals surface area (Å²) in [6, 6.07) is 15.2. The van der Waals surface area contributed by atoms with Crippen molar-refractivity contribution < 1.29 is 18.7 Å². The van der Waals surface area contributed by atoms with Gasteiger partial charge in [0.05, 0.1) is 12.2 Å². The standard InChI is InChI=1S/C32H33FN4O3/c1-5-40-32(39)29-18(2)6-12-27-30(29)19(3)28(37-27)17-34-15-14-24-20(4)35-26-13-11-23(16-25(24)26)36-31(38)21-7-9-22(33)10-8-21/h6-13,16,34-35,37H,5,14-15,17H2,1-4H3,(H,36,38). The molecule has 40 heavy (non-hydrogen) atoms. The second-order valence-corrected chi connectivity index (χ2v) is 10.0. The summed E-state index contributed by atoms with van der Waals surface area (Å²) in [5.41, 5.74) is 8.85. The van der Waals surface area contributed by atoms with Crippen LogP contribution < -0.4 is 10.6 Å². The molecule has 0 saturated carbocycles. The van der Waals surface area contributed by atoms with E-state index in [-0.39, 0.29) is 17.7 Å². The zero-order valence-corrected chi connectivity index (χ0v) is 23.1. The minimum Gasteiger partial charge on any atom is -0.462 e. The second-order valence-electron chi connectivity index (χ2n) is 10.0. The molecule has 0 fully saturated rings. The summed E-state index contributed by atoms with van der Waals surface area (Å²) in [6.07, 6.45) is 0.785. The molecule has 5 rings (SSSR count). The van der Waals surface area contributed by atoms with Crippen LogP contribution in [-0.2, 0) is 17.7 Å². The van der Waals surface area contributed by atoms with Gasteiger partial charge in [-0.3, -0.25) is 4.79 Å². The van der Waals surface area contributed by atoms with E-state index in [0.29, 0.717) is 30.0 Å². The number of halogens is 1. The number of aromatic nitrogens is 2. The molecule has 3 aromatic carbocycles. The smallest absolute Gasteiger partial charge is 0.339 e. The maximum absolute atomic E-state index is 13.2. The predicted octanol–water partition coefficient (Wildman–Crippen LogP) is 6.47. The van der Waals surface area contributed by atoms with E-state index in [2.05, 4.69) is 20.6 Å². The van der Waals surface area contributed by atoms with Crippen LogP contribution >= 0.6 is 0 Å². The summed E-state index contributed by atoms with van der Waals surface area (Å²) in [5.74, 6) is -0.963. The Hall–Kier alpha value is -4.43. The van der Waals surface area contributed by atoms with Crippen molar-refractivity contribution in [3.8, 4) is 0 Å². The normalized spacial score (nSPS) is 11.3. The molecule has 0 radical (unpaired) electrons. The Morgan fingerprint density at radius 2 is 1.70 bits per heavy atom. The molecule has 206 valence electrons. The number of aromatic amines is 2. The van der Waals surface area contributed by atoms with Crippen molar-refractivity contribution in [2.75, 3.05) is 18.5 Å². The number of ether oxygens (including phenoxy) is 1. The fraction of sp³-hybridized carbons (Fsp3) is 0.250. The highest BCUT2D eigenvalue weighted by atomic mass is 19.1. The molecule has 2 heterocycles. The van der Waals surface area contributed by atoms with Crippen molar-refractivity contribution in [2.24, 2.45) is 0 Å². The Morgan fingerprint density at radius 1 is 0.950 bits per heavy atom. The van der Waals surface area contributed by atoms with Gasteiger partial charge in [-0.05, 0) is 106 Å². The molecular weight excluding hydrogens is 507 g/mol. The van der Waals surface area contributed by atoms with Gasteiger partial charge in [0.15, 0.2) is 0 Å². The van der Waals surface area contributed by atoms with Crippen LogP contribution in [0.1, 0.15) is 55.7 Å². The summed E-state index contributed by atoms with van der Waals surface area (Å²) < 4.78 is 18.5. The maximum atomic E-state index is 13.2. The lowest BCUT2D eigenvalue weighted by Crippen LogP contribution is -2.17. The number of hydrogen-bond acceptors (Lipinski definition) is 4. The van der Waals surface area contributed by atoms with Crippen molar-refractivity contribution in [3.63, 3.8) is 0 Å². The lowest BCUT2D eigenvalue weighted by atomic mass is 10.0. The van der Waals surface area contributed by atoms with Crippen LogP contribution in [0, 0.1) is 26.6 Å². The van der Waals surface area contributed by atoms with Crippen molar-refractivity contribution in [3.05, 3.63) is 99.6 Å². The highest BCUT2D eigenvalue weighted by molar-refractivity contribution is 6.07. The SMILES string of the molecule is CCOC(=O)c1c(C)ccc2[nH]c(CNCCc3c(C)[nH]c4ccc(NC(=O)c5ccc(F)cc5)cc34)c(C)c12. The number of esters is 1. The number of rotatable bonds is 9. The van der Waals surface area contributed by atoms with Crippen LogP contribution in [-0.4, -0.2) is 35.0 Å². The van der Waals surface area contributed by atoms with Crippen LogP contribution in [0.4, 0.5) is 10.1 Å². The number of amides is 1. The van der Waals surface area contributed by atoms with Crippen molar-refractivity contribution in [1.29, 1.82) is 0 Å². The largest absolute Gasteiger partial charge is 0.462 e. The molecule has 0 unspecified atom stereocenters. The number of benzene rings is 3. The van der Waals surface area contributed by atoms with Crippen LogP contribution in [0.2, 0.25) is 0 Å². The van der Waals surface area contributed by atoms with E-state index in [9.17, 15) is 14.0 Å². The molecule has 2 aromatic heterocycles. The Labute approximate surface area is 232 Å². The summed E-state index contributed by atoms with van der Waals surface area (Å²) in [4.78, 5) is 32.2. The molecular formula is C32H33FN4O3. The third-order valence-electron chi connectivity index (χ3n) is 7.34. The Kier molecular flexibility index (Phi) is 7.71. The van der Waals surface area contributed by atoms with Gasteiger partial charge in [-0.15, -0.1) is 0 Å². The fourth-order valence-corrected chi connectivity index (χ4v) is 5.26. The average Bonchev–Trinajstić information content (AvgIpc) is 3.42. The number of carbonyl (C=O) groups is 2. The summed E-state index contributed by atoms with van der Waals surface area (Å²) in [7, 11) is 0. The van der Waals surface area contributed by atoms with Gasteiger partial charge in [-0.2, -0.15) is 0 Å². The third-order valence-corrected chi connectivity index (χ3v) is 7.34. The Balaban J connectivity index is 1.28. The number of H-pyrrole nitrogens is 2. The molecule has 5 aromatic rings. The van der Waals surface area contributed by atoms with E-state index in [1.54, 1.807) is 0 Å². The first kappa shape index (κ1) is 27.1. The quantitative estimate of drug-likeness (QED) is 0.127. The van der Waals surface area contributed by atoms with E-state index in [1.807, 2.05) is 58.0 Å². The van der Waals surface area contributed by atoms with E-state index in [0.717, 1.165) is 57.3 Å². The molecule has 0 atom stereocenters. The number of anilines is 1. The molecule has 0 spiro atoms. The number of fused-ring (bicyclic) bond motifs is 2. The van der Waals surface area contributed by atoms with Crippen LogP contribution in [0.15, 0.2) is 54.6 Å². The first-order chi connectivity index (χ1) is 19.3. The summed E-state index contributed by atoms with van der Waals surface area (Å²) in [6.45, 7) is 9.52. The average molecular weight is 541 g/mol. The first-order valence-electron chi connectivity index (χ1n) is 13.4. The van der Waals surface area contributed by atoms with E-state index >= 15 is 0 Å². The zero-order valence-electron chi connectivity index (χ0n) is 23.1. The van der Waals surface area contributed by atoms with Gasteiger partial charge in [0, 0.05) is 51.0 Å². The monoisotopic (exact) mass is 540 g/mol. The van der Waals surface area contributed by atoms with Crippen molar-refractivity contribution >= 4 is 39.4 Å². The van der Waals surface area contributed by atoms with E-state index in [1.165, 1.54) is 29.8 Å². The molecule has 0 aliphatic carbocycles. The maximum Gasteiger partial charge on any atom is 0.339 e. The van der Waals surface area contributed by atoms with E-state index < -0.39 is 0 Å². The Bertz CT molecular complexity index is 1720.